The van der Waals surface area contributed by atoms with Gasteiger partial charge in [0, 0.05) is 37.6 Å². The van der Waals surface area contributed by atoms with Crippen molar-refractivity contribution in [2.75, 3.05) is 6.54 Å². The standard InChI is InChI=1S/C21H20F2N2/c22-20-8-4-7-19(21(20)23)16-25(15-18-9-12-24-13-10-18)14-11-17-5-2-1-3-6-17/h1-10,12-13H,11,14-16H2. The van der Waals surface area contributed by atoms with Gasteiger partial charge in [-0.25, -0.2) is 8.78 Å². The van der Waals surface area contributed by atoms with Crippen LogP contribution in [0.25, 0.3) is 0 Å². The molecule has 0 amide bonds. The number of aromatic nitrogens is 1. The highest BCUT2D eigenvalue weighted by molar-refractivity contribution is 5.20. The van der Waals surface area contributed by atoms with E-state index in [1.54, 1.807) is 24.5 Å². The Morgan fingerprint density at radius 1 is 0.760 bits per heavy atom. The van der Waals surface area contributed by atoms with E-state index in [2.05, 4.69) is 22.0 Å². The van der Waals surface area contributed by atoms with E-state index in [1.807, 2.05) is 30.3 Å². The molecule has 128 valence electrons. The smallest absolute Gasteiger partial charge is 0.163 e. The lowest BCUT2D eigenvalue weighted by molar-refractivity contribution is 0.255. The number of hydrogen-bond donors (Lipinski definition) is 0. The Hall–Kier alpha value is -2.59. The Morgan fingerprint density at radius 3 is 2.28 bits per heavy atom. The average Bonchev–Trinajstić information content (AvgIpc) is 2.65. The van der Waals surface area contributed by atoms with Crippen molar-refractivity contribution >= 4 is 0 Å². The maximum absolute atomic E-state index is 14.1. The monoisotopic (exact) mass is 338 g/mol. The van der Waals surface area contributed by atoms with Crippen LogP contribution in [0, 0.1) is 11.6 Å². The van der Waals surface area contributed by atoms with Crippen molar-refractivity contribution in [2.45, 2.75) is 19.5 Å². The molecule has 0 radical (unpaired) electrons. The van der Waals surface area contributed by atoms with E-state index < -0.39 is 11.6 Å². The first-order valence-corrected chi connectivity index (χ1v) is 8.30. The summed E-state index contributed by atoms with van der Waals surface area (Å²) in [6.45, 7) is 1.77. The zero-order valence-corrected chi connectivity index (χ0v) is 13.9. The first-order valence-electron chi connectivity index (χ1n) is 8.30. The van der Waals surface area contributed by atoms with E-state index in [0.717, 1.165) is 24.6 Å². The van der Waals surface area contributed by atoms with Crippen LogP contribution >= 0.6 is 0 Å². The highest BCUT2D eigenvalue weighted by atomic mass is 19.2. The van der Waals surface area contributed by atoms with E-state index >= 15 is 0 Å². The quantitative estimate of drug-likeness (QED) is 0.626. The average molecular weight is 338 g/mol. The Balaban J connectivity index is 1.74. The van der Waals surface area contributed by atoms with Crippen molar-refractivity contribution in [1.82, 2.24) is 9.88 Å². The molecule has 0 N–H and O–H groups in total. The largest absolute Gasteiger partial charge is 0.294 e. The molecule has 0 fully saturated rings. The summed E-state index contributed by atoms with van der Waals surface area (Å²) in [5, 5.41) is 0. The minimum Gasteiger partial charge on any atom is -0.294 e. The van der Waals surface area contributed by atoms with Crippen molar-refractivity contribution in [3.63, 3.8) is 0 Å². The van der Waals surface area contributed by atoms with Gasteiger partial charge in [0.2, 0.25) is 0 Å². The molecule has 25 heavy (non-hydrogen) atoms. The van der Waals surface area contributed by atoms with Gasteiger partial charge in [0.1, 0.15) is 0 Å². The van der Waals surface area contributed by atoms with Crippen LogP contribution in [0.5, 0.6) is 0 Å². The second-order valence-corrected chi connectivity index (χ2v) is 6.01. The molecule has 1 heterocycles. The lowest BCUT2D eigenvalue weighted by Gasteiger charge is -2.23. The van der Waals surface area contributed by atoms with Crippen LogP contribution < -0.4 is 0 Å². The molecule has 0 spiro atoms. The van der Waals surface area contributed by atoms with Gasteiger partial charge in [-0.2, -0.15) is 0 Å². The third-order valence-corrected chi connectivity index (χ3v) is 4.14. The fourth-order valence-electron chi connectivity index (χ4n) is 2.80. The fourth-order valence-corrected chi connectivity index (χ4v) is 2.80. The van der Waals surface area contributed by atoms with Gasteiger partial charge >= 0.3 is 0 Å². The number of pyridine rings is 1. The highest BCUT2D eigenvalue weighted by Gasteiger charge is 2.13. The van der Waals surface area contributed by atoms with Crippen LogP contribution in [0.2, 0.25) is 0 Å². The van der Waals surface area contributed by atoms with Crippen molar-refractivity contribution < 1.29 is 8.78 Å². The maximum Gasteiger partial charge on any atom is 0.163 e. The minimum absolute atomic E-state index is 0.360. The van der Waals surface area contributed by atoms with Crippen LogP contribution in [0.1, 0.15) is 16.7 Å². The van der Waals surface area contributed by atoms with E-state index in [1.165, 1.54) is 5.56 Å². The Labute approximate surface area is 146 Å². The predicted octanol–water partition coefficient (Wildman–Crippen LogP) is 4.60. The first kappa shape index (κ1) is 17.2. The summed E-state index contributed by atoms with van der Waals surface area (Å²) >= 11 is 0. The number of rotatable bonds is 7. The molecule has 2 aromatic carbocycles. The molecule has 0 aliphatic heterocycles. The van der Waals surface area contributed by atoms with Gasteiger partial charge in [-0.3, -0.25) is 9.88 Å². The Kier molecular flexibility index (Phi) is 5.86. The number of halogens is 2. The number of hydrogen-bond acceptors (Lipinski definition) is 2. The van der Waals surface area contributed by atoms with E-state index in [-0.39, 0.29) is 0 Å². The van der Waals surface area contributed by atoms with Gasteiger partial charge in [0.05, 0.1) is 0 Å². The zero-order chi connectivity index (χ0) is 17.5. The summed E-state index contributed by atoms with van der Waals surface area (Å²) in [5.74, 6) is -1.56. The van der Waals surface area contributed by atoms with Crippen molar-refractivity contribution in [3.8, 4) is 0 Å². The molecular weight excluding hydrogens is 318 g/mol. The molecule has 4 heteroatoms. The van der Waals surface area contributed by atoms with Crippen molar-refractivity contribution in [1.29, 1.82) is 0 Å². The zero-order valence-electron chi connectivity index (χ0n) is 13.9. The van der Waals surface area contributed by atoms with Gasteiger partial charge in [0.25, 0.3) is 0 Å². The predicted molar refractivity (Wildman–Crippen MR) is 94.9 cm³/mol. The summed E-state index contributed by atoms with van der Waals surface area (Å²) in [6.07, 6.45) is 4.34. The van der Waals surface area contributed by atoms with Crippen LogP contribution in [0.4, 0.5) is 8.78 Å². The highest BCUT2D eigenvalue weighted by Crippen LogP contribution is 2.16. The Bertz CT molecular complexity index is 792. The number of nitrogens with zero attached hydrogens (tertiary/aromatic N) is 2. The van der Waals surface area contributed by atoms with E-state index in [4.69, 9.17) is 0 Å². The molecular formula is C21H20F2N2. The van der Waals surface area contributed by atoms with Gasteiger partial charge < -0.3 is 0 Å². The topological polar surface area (TPSA) is 16.1 Å². The Morgan fingerprint density at radius 2 is 1.52 bits per heavy atom. The first-order chi connectivity index (χ1) is 12.2. The molecule has 0 atom stereocenters. The molecule has 0 saturated carbocycles. The summed E-state index contributed by atoms with van der Waals surface area (Å²) in [4.78, 5) is 6.15. The SMILES string of the molecule is Fc1cccc(CN(CCc2ccccc2)Cc2ccncc2)c1F. The van der Waals surface area contributed by atoms with Gasteiger partial charge in [-0.15, -0.1) is 0 Å². The normalized spacial score (nSPS) is 11.0. The third kappa shape index (κ3) is 4.94. The second kappa shape index (κ2) is 8.49. The lowest BCUT2D eigenvalue weighted by atomic mass is 10.1. The molecule has 0 aliphatic rings. The fraction of sp³-hybridized carbons (Fsp3) is 0.190. The molecule has 3 aromatic rings. The maximum atomic E-state index is 14.1. The van der Waals surface area contributed by atoms with E-state index in [0.29, 0.717) is 18.7 Å². The molecule has 0 aliphatic carbocycles. The molecule has 0 unspecified atom stereocenters. The van der Waals surface area contributed by atoms with Crippen LogP contribution in [-0.2, 0) is 19.5 Å². The summed E-state index contributed by atoms with van der Waals surface area (Å²) in [6, 6.07) is 18.4. The van der Waals surface area contributed by atoms with E-state index in [9.17, 15) is 8.78 Å². The molecule has 3 rings (SSSR count). The minimum atomic E-state index is -0.801. The van der Waals surface area contributed by atoms with Crippen LogP contribution in [0.15, 0.2) is 73.1 Å². The molecule has 2 nitrogen and oxygen atoms in total. The third-order valence-electron chi connectivity index (χ3n) is 4.14. The molecule has 1 aromatic heterocycles. The number of benzene rings is 2. The lowest BCUT2D eigenvalue weighted by Crippen LogP contribution is -2.26. The molecule has 0 bridgehead atoms. The van der Waals surface area contributed by atoms with Crippen LogP contribution in [-0.4, -0.2) is 16.4 Å². The van der Waals surface area contributed by atoms with Crippen molar-refractivity contribution in [3.05, 3.63) is 101 Å². The van der Waals surface area contributed by atoms with Gasteiger partial charge in [-0.05, 0) is 35.7 Å². The van der Waals surface area contributed by atoms with Gasteiger partial charge in [-0.1, -0.05) is 42.5 Å². The summed E-state index contributed by atoms with van der Waals surface area (Å²) in [7, 11) is 0. The summed E-state index contributed by atoms with van der Waals surface area (Å²) in [5.41, 5.74) is 2.70. The molecule has 0 saturated heterocycles. The van der Waals surface area contributed by atoms with Crippen LogP contribution in [0.3, 0.4) is 0 Å². The van der Waals surface area contributed by atoms with Gasteiger partial charge in [0.15, 0.2) is 11.6 Å². The summed E-state index contributed by atoms with van der Waals surface area (Å²) < 4.78 is 27.6. The van der Waals surface area contributed by atoms with Crippen molar-refractivity contribution in [2.24, 2.45) is 0 Å². The second-order valence-electron chi connectivity index (χ2n) is 6.01.